The number of fused-ring (bicyclic) bond motifs is 1. The summed E-state index contributed by atoms with van der Waals surface area (Å²) in [6.07, 6.45) is 0.945. The van der Waals surface area contributed by atoms with E-state index in [0.717, 1.165) is 22.8 Å². The monoisotopic (exact) mass is 506 g/mol. The highest BCUT2D eigenvalue weighted by Gasteiger charge is 2.54. The summed E-state index contributed by atoms with van der Waals surface area (Å²) in [6, 6.07) is 8.16. The lowest BCUT2D eigenvalue weighted by Gasteiger charge is -2.49. The molecule has 0 aliphatic carbocycles. The van der Waals surface area contributed by atoms with E-state index in [1.165, 1.54) is 28.4 Å². The Kier molecular flexibility index (Phi) is 7.32. The Hall–Kier alpha value is -2.08. The number of amides is 2. The highest BCUT2D eigenvalue weighted by atomic mass is 32.2. The van der Waals surface area contributed by atoms with Crippen LogP contribution in [0.25, 0.3) is 0 Å². The van der Waals surface area contributed by atoms with Crippen LogP contribution in [-0.4, -0.2) is 78.2 Å². The minimum Gasteiger partial charge on any atom is -0.477 e. The minimum absolute atomic E-state index is 0.0324. The molecule has 3 heterocycles. The topological polar surface area (TPSA) is 93.2 Å². The van der Waals surface area contributed by atoms with Crippen molar-refractivity contribution in [2.45, 2.75) is 37.7 Å². The van der Waals surface area contributed by atoms with E-state index >= 15 is 0 Å². The molecular formula is C22H26N4O4S3. The number of nitrogens with zero attached hydrogens (tertiary/aromatic N) is 3. The van der Waals surface area contributed by atoms with Gasteiger partial charge in [0.15, 0.2) is 0 Å². The van der Waals surface area contributed by atoms with Gasteiger partial charge < -0.3 is 15.3 Å². The molecule has 0 bridgehead atoms. The number of aliphatic carboxylic acids is 1. The van der Waals surface area contributed by atoms with Gasteiger partial charge in [0.2, 0.25) is 5.91 Å². The van der Waals surface area contributed by atoms with Crippen molar-refractivity contribution in [1.82, 2.24) is 20.0 Å². The molecule has 4 rings (SSSR count). The smallest absolute Gasteiger partial charge is 0.352 e. The molecule has 3 aliphatic rings. The van der Waals surface area contributed by atoms with E-state index in [9.17, 15) is 19.5 Å². The maximum Gasteiger partial charge on any atom is 0.352 e. The first-order valence-corrected chi connectivity index (χ1v) is 13.2. The van der Waals surface area contributed by atoms with Crippen molar-refractivity contribution in [1.29, 1.82) is 0 Å². The molecule has 0 aromatic heterocycles. The molecule has 3 aliphatic heterocycles. The van der Waals surface area contributed by atoms with Gasteiger partial charge >= 0.3 is 5.97 Å². The van der Waals surface area contributed by atoms with Gasteiger partial charge in [-0.2, -0.15) is 0 Å². The standard InChI is InChI=1S/C22H26N4O4S3/c1-3-9-24-11-25(12-33-22(24)31)17(14-7-5-4-6-8-14)18(27)23-15-19(28)26-16(21(29)30)13(2)10-32-20(15)26/h4-8,15,17,20H,3,9-12H2,1-2H3,(H,23,27)(H,29,30)/t15-,17-,20+/m0/s1. The van der Waals surface area contributed by atoms with E-state index in [0.29, 0.717) is 23.9 Å². The second-order valence-corrected chi connectivity index (χ2v) is 10.9. The van der Waals surface area contributed by atoms with Crippen LogP contribution in [0.15, 0.2) is 41.6 Å². The molecule has 0 spiro atoms. The van der Waals surface area contributed by atoms with Gasteiger partial charge in [-0.25, -0.2) is 4.79 Å². The number of benzene rings is 1. The molecular weight excluding hydrogens is 480 g/mol. The number of hydrogen-bond acceptors (Lipinski definition) is 7. The number of thioether (sulfide) groups is 2. The first-order valence-electron chi connectivity index (χ1n) is 10.7. The normalized spacial score (nSPS) is 24.3. The molecule has 11 heteroatoms. The molecule has 8 nitrogen and oxygen atoms in total. The highest BCUT2D eigenvalue weighted by molar-refractivity contribution is 8.22. The molecule has 2 fully saturated rings. The molecule has 176 valence electrons. The van der Waals surface area contributed by atoms with Crippen LogP contribution < -0.4 is 5.32 Å². The molecule has 1 aromatic carbocycles. The van der Waals surface area contributed by atoms with Crippen LogP contribution in [0, 0.1) is 0 Å². The Morgan fingerprint density at radius 3 is 2.70 bits per heavy atom. The first kappa shape index (κ1) is 24.1. The molecule has 3 atom stereocenters. The molecule has 2 N–H and O–H groups in total. The molecule has 0 radical (unpaired) electrons. The lowest BCUT2D eigenvalue weighted by atomic mass is 10.0. The van der Waals surface area contributed by atoms with Gasteiger partial charge in [-0.3, -0.25) is 19.4 Å². The summed E-state index contributed by atoms with van der Waals surface area (Å²) in [5.41, 5.74) is 1.52. The Bertz CT molecular complexity index is 1000. The summed E-state index contributed by atoms with van der Waals surface area (Å²) in [6.45, 7) is 5.15. The van der Waals surface area contributed by atoms with Crippen molar-refractivity contribution < 1.29 is 19.5 Å². The summed E-state index contributed by atoms with van der Waals surface area (Å²) < 4.78 is 0.826. The Morgan fingerprint density at radius 2 is 2.03 bits per heavy atom. The summed E-state index contributed by atoms with van der Waals surface area (Å²) in [5.74, 6) is -0.689. The number of carboxylic acid groups (broad SMARTS) is 1. The minimum atomic E-state index is -1.12. The average molecular weight is 507 g/mol. The zero-order chi connectivity index (χ0) is 23.7. The number of carbonyl (C=O) groups excluding carboxylic acids is 2. The van der Waals surface area contributed by atoms with Crippen LogP contribution in [0.4, 0.5) is 0 Å². The Balaban J connectivity index is 1.54. The zero-order valence-electron chi connectivity index (χ0n) is 18.4. The number of β-lactam (4-membered cyclic amide) rings is 1. The molecule has 1 aromatic rings. The van der Waals surface area contributed by atoms with Gasteiger partial charge in [0.05, 0.1) is 12.5 Å². The second-order valence-electron chi connectivity index (χ2n) is 8.18. The van der Waals surface area contributed by atoms with E-state index in [4.69, 9.17) is 12.2 Å². The van der Waals surface area contributed by atoms with Crippen LogP contribution in [0.1, 0.15) is 31.9 Å². The molecule has 0 unspecified atom stereocenters. The number of carbonyl (C=O) groups is 3. The predicted molar refractivity (Wildman–Crippen MR) is 133 cm³/mol. The van der Waals surface area contributed by atoms with Gasteiger partial charge in [0.25, 0.3) is 5.91 Å². The SMILES string of the molecule is CCCN1CN([C@H](C(=O)N[C@H]2C(=O)N3C(C(=O)O)=C(C)CS[C@H]23)c2ccccc2)CSC1=S. The third kappa shape index (κ3) is 4.64. The first-order chi connectivity index (χ1) is 15.8. The fourth-order valence-corrected chi connectivity index (χ4v) is 6.74. The summed E-state index contributed by atoms with van der Waals surface area (Å²) in [5, 5.41) is 12.1. The number of rotatable bonds is 7. The van der Waals surface area contributed by atoms with Crippen molar-refractivity contribution in [3.05, 3.63) is 47.2 Å². The van der Waals surface area contributed by atoms with Crippen LogP contribution in [-0.2, 0) is 14.4 Å². The lowest BCUT2D eigenvalue weighted by molar-refractivity contribution is -0.151. The maximum absolute atomic E-state index is 13.6. The van der Waals surface area contributed by atoms with E-state index < -0.39 is 23.4 Å². The van der Waals surface area contributed by atoms with Gasteiger partial charge in [0, 0.05) is 12.3 Å². The van der Waals surface area contributed by atoms with Crippen molar-refractivity contribution in [2.24, 2.45) is 0 Å². The Labute approximate surface area is 206 Å². The average Bonchev–Trinajstić information content (AvgIpc) is 2.80. The number of nitrogens with one attached hydrogen (secondary N) is 1. The maximum atomic E-state index is 13.6. The lowest BCUT2D eigenvalue weighted by Crippen LogP contribution is -2.71. The van der Waals surface area contributed by atoms with Crippen LogP contribution in [0.3, 0.4) is 0 Å². The summed E-state index contributed by atoms with van der Waals surface area (Å²) in [7, 11) is 0. The summed E-state index contributed by atoms with van der Waals surface area (Å²) >= 11 is 8.49. The molecule has 2 amide bonds. The predicted octanol–water partition coefficient (Wildman–Crippen LogP) is 2.45. The number of carboxylic acids is 1. The van der Waals surface area contributed by atoms with E-state index in [1.807, 2.05) is 30.3 Å². The number of thiocarbonyl (C=S) groups is 1. The fourth-order valence-electron chi connectivity index (χ4n) is 4.31. The molecule has 0 saturated carbocycles. The third-order valence-corrected chi connectivity index (χ3v) is 8.85. The Morgan fingerprint density at radius 1 is 1.30 bits per heavy atom. The summed E-state index contributed by atoms with van der Waals surface area (Å²) in [4.78, 5) is 43.5. The van der Waals surface area contributed by atoms with Gasteiger partial charge in [-0.05, 0) is 24.5 Å². The van der Waals surface area contributed by atoms with Gasteiger partial charge in [0.1, 0.15) is 27.5 Å². The zero-order valence-corrected chi connectivity index (χ0v) is 20.8. The van der Waals surface area contributed by atoms with Crippen LogP contribution in [0.5, 0.6) is 0 Å². The van der Waals surface area contributed by atoms with E-state index in [2.05, 4.69) is 22.0 Å². The van der Waals surface area contributed by atoms with E-state index in [-0.39, 0.29) is 17.5 Å². The van der Waals surface area contributed by atoms with Gasteiger partial charge in [-0.1, -0.05) is 61.2 Å². The molecule has 33 heavy (non-hydrogen) atoms. The second kappa shape index (κ2) is 10.0. The fraction of sp³-hybridized carbons (Fsp3) is 0.455. The quantitative estimate of drug-likeness (QED) is 0.427. The third-order valence-electron chi connectivity index (χ3n) is 5.85. The van der Waals surface area contributed by atoms with E-state index in [1.54, 1.807) is 6.92 Å². The van der Waals surface area contributed by atoms with Crippen LogP contribution >= 0.6 is 35.7 Å². The number of hydrogen-bond donors (Lipinski definition) is 2. The van der Waals surface area contributed by atoms with Crippen molar-refractivity contribution >= 4 is 57.8 Å². The van der Waals surface area contributed by atoms with Crippen molar-refractivity contribution in [3.8, 4) is 0 Å². The largest absolute Gasteiger partial charge is 0.477 e. The van der Waals surface area contributed by atoms with Crippen molar-refractivity contribution in [3.63, 3.8) is 0 Å². The van der Waals surface area contributed by atoms with Crippen LogP contribution in [0.2, 0.25) is 0 Å². The van der Waals surface area contributed by atoms with Gasteiger partial charge in [-0.15, -0.1) is 11.8 Å². The van der Waals surface area contributed by atoms with Crippen molar-refractivity contribution in [2.75, 3.05) is 24.8 Å². The highest BCUT2D eigenvalue weighted by Crippen LogP contribution is 2.40. The molecule has 2 saturated heterocycles.